The van der Waals surface area contributed by atoms with Crippen LogP contribution in [0.2, 0.25) is 0 Å². The molecule has 0 atom stereocenters. The molecule has 2 aromatic heterocycles. The number of carbonyl (C=O) groups excluding carboxylic acids is 2. The summed E-state index contributed by atoms with van der Waals surface area (Å²) in [7, 11) is 0. The Bertz CT molecular complexity index is 1200. The van der Waals surface area contributed by atoms with Crippen molar-refractivity contribution in [3.63, 3.8) is 0 Å². The first kappa shape index (κ1) is 25.6. The average Bonchev–Trinajstić information content (AvgIpc) is 2.81. The number of nitrogens with zero attached hydrogens (tertiary/aromatic N) is 4. The third-order valence-corrected chi connectivity index (χ3v) is 4.96. The molecule has 0 aliphatic carbocycles. The maximum Gasteiger partial charge on any atom is 0.410 e. The van der Waals surface area contributed by atoms with Crippen LogP contribution in [0.4, 0.5) is 4.79 Å². The minimum atomic E-state index is -0.631. The minimum absolute atomic E-state index is 0.182. The van der Waals surface area contributed by atoms with Gasteiger partial charge < -0.3 is 15.0 Å². The van der Waals surface area contributed by atoms with E-state index in [4.69, 9.17) is 4.74 Å². The van der Waals surface area contributed by atoms with Crippen LogP contribution in [-0.4, -0.2) is 50.4 Å². The molecule has 2 amide bonds. The highest BCUT2D eigenvalue weighted by Crippen LogP contribution is 2.13. The van der Waals surface area contributed by atoms with Gasteiger partial charge in [-0.1, -0.05) is 24.3 Å². The predicted molar refractivity (Wildman–Crippen MR) is 132 cm³/mol. The molecule has 9 nitrogen and oxygen atoms in total. The first-order chi connectivity index (χ1) is 16.6. The Kier molecular flexibility index (Phi) is 8.35. The molecular formula is C26H31N5O4. The number of hydrogen-bond acceptors (Lipinski definition) is 6. The molecule has 184 valence electrons. The van der Waals surface area contributed by atoms with Crippen LogP contribution >= 0.6 is 0 Å². The van der Waals surface area contributed by atoms with E-state index >= 15 is 0 Å². The molecule has 0 saturated carbocycles. The number of pyridine rings is 1. The molecule has 0 fully saturated rings. The Morgan fingerprint density at radius 2 is 1.86 bits per heavy atom. The summed E-state index contributed by atoms with van der Waals surface area (Å²) in [6.07, 6.45) is 3.38. The zero-order chi connectivity index (χ0) is 25.4. The topological polar surface area (TPSA) is 106 Å². The van der Waals surface area contributed by atoms with Crippen LogP contribution in [-0.2, 0) is 11.3 Å². The van der Waals surface area contributed by atoms with Crippen molar-refractivity contribution in [1.29, 1.82) is 0 Å². The summed E-state index contributed by atoms with van der Waals surface area (Å²) >= 11 is 0. The second kappa shape index (κ2) is 11.4. The predicted octanol–water partition coefficient (Wildman–Crippen LogP) is 3.49. The monoisotopic (exact) mass is 477 g/mol. The highest BCUT2D eigenvalue weighted by molar-refractivity contribution is 5.92. The van der Waals surface area contributed by atoms with Crippen LogP contribution < -0.4 is 10.7 Å². The standard InChI is InChI=1S/C26H31N5O4/c1-19-16-22(32)23(29-31(19)21-11-6-5-7-12-21)24(33)28-14-9-15-30(25(34)35-26(2,3)4)18-20-10-8-13-27-17-20/h5-8,10-13,16-17H,9,14-15,18H2,1-4H3,(H,28,33). The third-order valence-electron chi connectivity index (χ3n) is 4.96. The van der Waals surface area contributed by atoms with Crippen molar-refractivity contribution in [2.45, 2.75) is 46.3 Å². The molecule has 35 heavy (non-hydrogen) atoms. The number of ether oxygens (including phenoxy) is 1. The van der Waals surface area contributed by atoms with Crippen molar-refractivity contribution in [2.24, 2.45) is 0 Å². The van der Waals surface area contributed by atoms with Crippen LogP contribution in [0.15, 0.2) is 65.7 Å². The number of hydrogen-bond donors (Lipinski definition) is 1. The van der Waals surface area contributed by atoms with E-state index in [2.05, 4.69) is 15.4 Å². The zero-order valence-corrected chi connectivity index (χ0v) is 20.5. The van der Waals surface area contributed by atoms with E-state index < -0.39 is 23.0 Å². The van der Waals surface area contributed by atoms with Gasteiger partial charge in [-0.3, -0.25) is 14.6 Å². The average molecular weight is 478 g/mol. The number of carbonyl (C=O) groups is 2. The lowest BCUT2D eigenvalue weighted by molar-refractivity contribution is 0.0232. The molecule has 2 heterocycles. The molecule has 1 aromatic carbocycles. The van der Waals surface area contributed by atoms with E-state index in [9.17, 15) is 14.4 Å². The van der Waals surface area contributed by atoms with E-state index in [1.165, 1.54) is 6.07 Å². The lowest BCUT2D eigenvalue weighted by atomic mass is 10.2. The maximum atomic E-state index is 12.7. The quantitative estimate of drug-likeness (QED) is 0.498. The summed E-state index contributed by atoms with van der Waals surface area (Å²) in [5.41, 5.74) is 0.989. The molecule has 0 saturated heterocycles. The van der Waals surface area contributed by atoms with Crippen molar-refractivity contribution in [2.75, 3.05) is 13.1 Å². The van der Waals surface area contributed by atoms with Crippen LogP contribution in [0.5, 0.6) is 0 Å². The van der Waals surface area contributed by atoms with E-state index in [1.807, 2.05) is 57.2 Å². The van der Waals surface area contributed by atoms with Gasteiger partial charge >= 0.3 is 6.09 Å². The fourth-order valence-corrected chi connectivity index (χ4v) is 3.36. The molecule has 9 heteroatoms. The normalized spacial score (nSPS) is 11.1. The minimum Gasteiger partial charge on any atom is -0.444 e. The Balaban J connectivity index is 1.64. The first-order valence-corrected chi connectivity index (χ1v) is 11.5. The van der Waals surface area contributed by atoms with Crippen molar-refractivity contribution in [3.05, 3.63) is 88.1 Å². The number of aryl methyl sites for hydroxylation is 1. The summed E-state index contributed by atoms with van der Waals surface area (Å²) in [5.74, 6) is -0.559. The Hall–Kier alpha value is -4.01. The van der Waals surface area contributed by atoms with Gasteiger partial charge in [0.1, 0.15) is 5.60 Å². The molecule has 0 bridgehead atoms. The number of amides is 2. The molecule has 0 unspecified atom stereocenters. The Morgan fingerprint density at radius 1 is 1.11 bits per heavy atom. The fraction of sp³-hybridized carbons (Fsp3) is 0.346. The second-order valence-corrected chi connectivity index (χ2v) is 9.12. The van der Waals surface area contributed by atoms with E-state index in [-0.39, 0.29) is 12.2 Å². The molecule has 3 aromatic rings. The molecule has 0 spiro atoms. The van der Waals surface area contributed by atoms with E-state index in [0.717, 1.165) is 11.3 Å². The largest absolute Gasteiger partial charge is 0.444 e. The van der Waals surface area contributed by atoms with Crippen molar-refractivity contribution in [3.8, 4) is 5.69 Å². The summed E-state index contributed by atoms with van der Waals surface area (Å²) < 4.78 is 7.09. The van der Waals surface area contributed by atoms with Gasteiger partial charge in [0.25, 0.3) is 5.91 Å². The lowest BCUT2D eigenvalue weighted by Gasteiger charge is -2.27. The molecule has 1 N–H and O–H groups in total. The number of benzene rings is 1. The number of rotatable bonds is 8. The van der Waals surface area contributed by atoms with Gasteiger partial charge in [0.05, 0.1) is 12.2 Å². The molecule has 0 radical (unpaired) electrons. The van der Waals surface area contributed by atoms with Crippen LogP contribution in [0, 0.1) is 6.92 Å². The van der Waals surface area contributed by atoms with Crippen LogP contribution in [0.3, 0.4) is 0 Å². The fourth-order valence-electron chi connectivity index (χ4n) is 3.36. The van der Waals surface area contributed by atoms with Gasteiger partial charge in [-0.25, -0.2) is 9.48 Å². The second-order valence-electron chi connectivity index (χ2n) is 9.12. The van der Waals surface area contributed by atoms with Crippen molar-refractivity contribution < 1.29 is 14.3 Å². The number of nitrogens with one attached hydrogen (secondary N) is 1. The highest BCUT2D eigenvalue weighted by atomic mass is 16.6. The van der Waals surface area contributed by atoms with Gasteiger partial charge in [-0.15, -0.1) is 0 Å². The van der Waals surface area contributed by atoms with Gasteiger partial charge in [0.2, 0.25) is 5.43 Å². The van der Waals surface area contributed by atoms with E-state index in [0.29, 0.717) is 25.2 Å². The van der Waals surface area contributed by atoms with Crippen molar-refractivity contribution >= 4 is 12.0 Å². The van der Waals surface area contributed by atoms with E-state index in [1.54, 1.807) is 35.0 Å². The smallest absolute Gasteiger partial charge is 0.410 e. The Labute approximate surface area is 204 Å². The lowest BCUT2D eigenvalue weighted by Crippen LogP contribution is -2.38. The third kappa shape index (κ3) is 7.49. The zero-order valence-electron chi connectivity index (χ0n) is 20.5. The SMILES string of the molecule is Cc1cc(=O)c(C(=O)NCCCN(Cc2cccnc2)C(=O)OC(C)(C)C)nn1-c1ccccc1. The van der Waals surface area contributed by atoms with Gasteiger partial charge in [-0.2, -0.15) is 5.10 Å². The first-order valence-electron chi connectivity index (χ1n) is 11.5. The molecule has 0 aliphatic heterocycles. The van der Waals surface area contributed by atoms with Gasteiger partial charge in [-0.05, 0) is 57.9 Å². The summed E-state index contributed by atoms with van der Waals surface area (Å²) in [6.45, 7) is 8.12. The molecule has 3 rings (SSSR count). The number of para-hydroxylation sites is 1. The van der Waals surface area contributed by atoms with Gasteiger partial charge in [0.15, 0.2) is 5.69 Å². The Morgan fingerprint density at radius 3 is 2.51 bits per heavy atom. The van der Waals surface area contributed by atoms with Gasteiger partial charge in [0, 0.05) is 37.2 Å². The van der Waals surface area contributed by atoms with Crippen LogP contribution in [0.1, 0.15) is 48.9 Å². The molecule has 0 aliphatic rings. The maximum absolute atomic E-state index is 12.7. The summed E-state index contributed by atoms with van der Waals surface area (Å²) in [4.78, 5) is 43.5. The summed E-state index contributed by atoms with van der Waals surface area (Å²) in [5, 5.41) is 7.02. The summed E-state index contributed by atoms with van der Waals surface area (Å²) in [6, 6.07) is 14.4. The van der Waals surface area contributed by atoms with Crippen molar-refractivity contribution in [1.82, 2.24) is 25.0 Å². The highest BCUT2D eigenvalue weighted by Gasteiger charge is 2.22. The molecular weight excluding hydrogens is 446 g/mol. The number of aromatic nitrogens is 3. The van der Waals surface area contributed by atoms with Crippen LogP contribution in [0.25, 0.3) is 5.69 Å².